The van der Waals surface area contributed by atoms with Gasteiger partial charge in [-0.1, -0.05) is 24.3 Å². The normalized spacial score (nSPS) is 12.9. The molecule has 0 spiro atoms. The fourth-order valence-electron chi connectivity index (χ4n) is 1.87. The molecule has 0 amide bonds. The van der Waals surface area contributed by atoms with Crippen LogP contribution >= 0.6 is 11.3 Å². The third-order valence-electron chi connectivity index (χ3n) is 2.93. The number of rotatable bonds is 4. The van der Waals surface area contributed by atoms with Crippen molar-refractivity contribution in [2.24, 2.45) is 0 Å². The Morgan fingerprint density at radius 2 is 2.00 bits per heavy atom. The summed E-state index contributed by atoms with van der Waals surface area (Å²) < 4.78 is 0. The number of aromatic nitrogens is 1. The molecular weight excluding hydrogens is 248 g/mol. The summed E-state index contributed by atoms with van der Waals surface area (Å²) in [6, 6.07) is 7.43. The first-order valence-electron chi connectivity index (χ1n) is 5.66. The molecule has 2 N–H and O–H groups in total. The van der Waals surface area contributed by atoms with E-state index >= 15 is 0 Å². The highest BCUT2D eigenvalue weighted by atomic mass is 32.1. The summed E-state index contributed by atoms with van der Waals surface area (Å²) in [5.74, 6) is 0. The van der Waals surface area contributed by atoms with Gasteiger partial charge in [0.25, 0.3) is 0 Å². The highest BCUT2D eigenvalue weighted by Crippen LogP contribution is 2.28. The second-order valence-electron chi connectivity index (χ2n) is 4.16. The van der Waals surface area contributed by atoms with Crippen LogP contribution in [-0.4, -0.2) is 34.0 Å². The first-order valence-corrected chi connectivity index (χ1v) is 6.54. The van der Waals surface area contributed by atoms with Gasteiger partial charge in [0.15, 0.2) is 0 Å². The Balaban J connectivity index is 2.28. The molecule has 96 valence electrons. The number of nitrogens with zero attached hydrogens (tertiary/aromatic N) is 2. The van der Waals surface area contributed by atoms with Gasteiger partial charge in [-0.15, -0.1) is 11.3 Å². The molecule has 0 saturated carbocycles. The zero-order chi connectivity index (χ0) is 13.1. The Bertz CT molecular complexity index is 508. The lowest BCUT2D eigenvalue weighted by atomic mass is 10.0. The summed E-state index contributed by atoms with van der Waals surface area (Å²) in [4.78, 5) is 5.38. The van der Waals surface area contributed by atoms with Crippen molar-refractivity contribution < 1.29 is 10.3 Å². The lowest BCUT2D eigenvalue weighted by Crippen LogP contribution is -2.23. The lowest BCUT2D eigenvalue weighted by Gasteiger charge is -2.20. The third kappa shape index (κ3) is 2.59. The third-order valence-corrected chi connectivity index (χ3v) is 3.90. The maximum absolute atomic E-state index is 9.43. The van der Waals surface area contributed by atoms with Gasteiger partial charge in [-0.2, -0.15) is 5.06 Å². The van der Waals surface area contributed by atoms with Crippen LogP contribution in [0.2, 0.25) is 0 Å². The van der Waals surface area contributed by atoms with Crippen LogP contribution in [0.25, 0.3) is 10.4 Å². The van der Waals surface area contributed by atoms with Crippen molar-refractivity contribution in [2.45, 2.75) is 13.0 Å². The first-order chi connectivity index (χ1) is 8.63. The number of hydrogen-bond donors (Lipinski definition) is 2. The Morgan fingerprint density at radius 1 is 1.33 bits per heavy atom. The zero-order valence-electron chi connectivity index (χ0n) is 10.4. The molecule has 1 aromatic heterocycles. The molecule has 0 aliphatic carbocycles. The van der Waals surface area contributed by atoms with Crippen molar-refractivity contribution in [1.29, 1.82) is 0 Å². The van der Waals surface area contributed by atoms with Crippen LogP contribution < -0.4 is 0 Å². The molecule has 0 saturated heterocycles. The minimum Gasteiger partial charge on any atom is -0.394 e. The van der Waals surface area contributed by atoms with Gasteiger partial charge in [0.1, 0.15) is 0 Å². The Kier molecular flexibility index (Phi) is 4.08. The number of hydrogen-bond acceptors (Lipinski definition) is 5. The van der Waals surface area contributed by atoms with Crippen LogP contribution in [0.15, 0.2) is 29.8 Å². The predicted octanol–water partition coefficient (Wildman–Crippen LogP) is 2.47. The largest absolute Gasteiger partial charge is 0.394 e. The number of hydroxylamine groups is 2. The van der Waals surface area contributed by atoms with Gasteiger partial charge in [0.05, 0.1) is 28.7 Å². The molecule has 2 aromatic rings. The monoisotopic (exact) mass is 264 g/mol. The summed E-state index contributed by atoms with van der Waals surface area (Å²) in [6.07, 6.45) is 0. The van der Waals surface area contributed by atoms with E-state index < -0.39 is 0 Å². The van der Waals surface area contributed by atoms with Crippen molar-refractivity contribution in [2.75, 3.05) is 13.7 Å². The topological polar surface area (TPSA) is 56.6 Å². The van der Waals surface area contributed by atoms with E-state index in [1.807, 2.05) is 36.7 Å². The molecule has 0 fully saturated rings. The summed E-state index contributed by atoms with van der Waals surface area (Å²) in [7, 11) is 1.53. The molecule has 0 radical (unpaired) electrons. The quantitative estimate of drug-likeness (QED) is 0.833. The molecular formula is C13H16N2O2S. The maximum atomic E-state index is 9.43. The number of aryl methyl sites for hydroxylation is 1. The molecule has 1 heterocycles. The number of thiazole rings is 1. The molecule has 2 rings (SSSR count). The Hall–Kier alpha value is -1.27. The smallest absolute Gasteiger partial charge is 0.0827 e. The molecule has 5 heteroatoms. The Labute approximate surface area is 110 Å². The lowest BCUT2D eigenvalue weighted by molar-refractivity contribution is -0.116. The Morgan fingerprint density at radius 3 is 2.44 bits per heavy atom. The molecule has 1 atom stereocenters. The minimum absolute atomic E-state index is 0.119. The number of benzene rings is 1. The van der Waals surface area contributed by atoms with Crippen molar-refractivity contribution in [3.8, 4) is 10.4 Å². The first kappa shape index (κ1) is 13.2. The fraction of sp³-hybridized carbons (Fsp3) is 0.308. The summed E-state index contributed by atoms with van der Waals surface area (Å²) in [6.45, 7) is 1.86. The molecule has 4 nitrogen and oxygen atoms in total. The van der Waals surface area contributed by atoms with Gasteiger partial charge in [0, 0.05) is 7.05 Å². The zero-order valence-corrected chi connectivity index (χ0v) is 11.2. The van der Waals surface area contributed by atoms with Crippen molar-refractivity contribution in [3.05, 3.63) is 41.0 Å². The van der Waals surface area contributed by atoms with Crippen LogP contribution in [0.1, 0.15) is 17.3 Å². The second-order valence-corrected chi connectivity index (χ2v) is 5.02. The van der Waals surface area contributed by atoms with E-state index in [2.05, 4.69) is 4.98 Å². The molecule has 0 aliphatic rings. The van der Waals surface area contributed by atoms with Gasteiger partial charge in [-0.25, -0.2) is 4.98 Å². The van der Waals surface area contributed by atoms with E-state index in [0.29, 0.717) is 0 Å². The van der Waals surface area contributed by atoms with E-state index in [9.17, 15) is 10.3 Å². The van der Waals surface area contributed by atoms with Crippen LogP contribution in [0.4, 0.5) is 0 Å². The van der Waals surface area contributed by atoms with Gasteiger partial charge in [0.2, 0.25) is 0 Å². The van der Waals surface area contributed by atoms with Crippen molar-refractivity contribution in [1.82, 2.24) is 10.0 Å². The highest BCUT2D eigenvalue weighted by Gasteiger charge is 2.14. The number of aliphatic hydroxyl groups excluding tert-OH is 1. The average Bonchev–Trinajstić information content (AvgIpc) is 2.77. The van der Waals surface area contributed by atoms with Gasteiger partial charge < -0.3 is 10.3 Å². The van der Waals surface area contributed by atoms with Crippen LogP contribution in [0.3, 0.4) is 0 Å². The van der Waals surface area contributed by atoms with Gasteiger partial charge >= 0.3 is 0 Å². The number of aliphatic hydroxyl groups is 1. The van der Waals surface area contributed by atoms with Gasteiger partial charge in [-0.3, -0.25) is 0 Å². The van der Waals surface area contributed by atoms with Crippen molar-refractivity contribution >= 4 is 11.3 Å². The summed E-state index contributed by atoms with van der Waals surface area (Å²) in [5.41, 5.74) is 4.84. The molecule has 0 aliphatic heterocycles. The standard InChI is InChI=1S/C13H16N2O2S/c1-9-13(18-8-14-9)11-5-3-10(4-6-11)12(7-16)15(2)17/h3-6,8,12,16-17H,7H2,1-2H3. The van der Waals surface area contributed by atoms with E-state index in [1.54, 1.807) is 11.3 Å². The van der Waals surface area contributed by atoms with Crippen LogP contribution in [0.5, 0.6) is 0 Å². The average molecular weight is 264 g/mol. The number of likely N-dealkylation sites (N-methyl/N-ethyl adjacent to an activating group) is 1. The summed E-state index contributed by atoms with van der Waals surface area (Å²) in [5, 5.41) is 19.7. The minimum atomic E-state index is -0.387. The van der Waals surface area contributed by atoms with E-state index in [-0.39, 0.29) is 12.6 Å². The van der Waals surface area contributed by atoms with E-state index in [4.69, 9.17) is 0 Å². The molecule has 1 aromatic carbocycles. The van der Waals surface area contributed by atoms with E-state index in [0.717, 1.165) is 26.8 Å². The highest BCUT2D eigenvalue weighted by molar-refractivity contribution is 7.13. The molecule has 1 unspecified atom stereocenters. The second kappa shape index (κ2) is 5.58. The van der Waals surface area contributed by atoms with Gasteiger partial charge in [-0.05, 0) is 18.1 Å². The fourth-order valence-corrected chi connectivity index (χ4v) is 2.69. The molecule has 0 bridgehead atoms. The SMILES string of the molecule is Cc1ncsc1-c1ccc(C(CO)N(C)O)cc1. The maximum Gasteiger partial charge on any atom is 0.0827 e. The summed E-state index contributed by atoms with van der Waals surface area (Å²) >= 11 is 1.61. The molecule has 18 heavy (non-hydrogen) atoms. The predicted molar refractivity (Wildman–Crippen MR) is 71.7 cm³/mol. The van der Waals surface area contributed by atoms with Crippen molar-refractivity contribution in [3.63, 3.8) is 0 Å². The van der Waals surface area contributed by atoms with Crippen LogP contribution in [0, 0.1) is 6.92 Å². The van der Waals surface area contributed by atoms with Crippen LogP contribution in [-0.2, 0) is 0 Å². The van der Waals surface area contributed by atoms with E-state index in [1.165, 1.54) is 7.05 Å².